The Balaban J connectivity index is 4.84. The van der Waals surface area contributed by atoms with Crippen molar-refractivity contribution in [3.63, 3.8) is 0 Å². The number of hydrogen-bond donors (Lipinski definition) is 0. The second-order valence-electron chi connectivity index (χ2n) is 7.52. The van der Waals surface area contributed by atoms with Crippen LogP contribution in [0.4, 0.5) is 0 Å². The third-order valence-corrected chi connectivity index (χ3v) is 12.9. The zero-order chi connectivity index (χ0) is 19.8. The molecule has 3 atom stereocenters. The van der Waals surface area contributed by atoms with Gasteiger partial charge in [-0.3, -0.25) is 4.57 Å². The predicted octanol–water partition coefficient (Wildman–Crippen LogP) is 9.06. The molecule has 0 radical (unpaired) electrons. The van der Waals surface area contributed by atoms with E-state index in [1.165, 1.54) is 51.4 Å². The van der Waals surface area contributed by atoms with Crippen molar-refractivity contribution >= 4 is 28.5 Å². The van der Waals surface area contributed by atoms with Gasteiger partial charge in [-0.1, -0.05) is 103 Å². The van der Waals surface area contributed by atoms with Crippen molar-refractivity contribution < 1.29 is 9.09 Å². The Bertz CT molecular complexity index is 314. The van der Waals surface area contributed by atoms with Crippen LogP contribution < -0.4 is 0 Å². The van der Waals surface area contributed by atoms with E-state index in [2.05, 4.69) is 41.5 Å². The van der Waals surface area contributed by atoms with Crippen LogP contribution in [0.25, 0.3) is 0 Å². The lowest BCUT2D eigenvalue weighted by atomic mass is 10.0. The molecule has 0 aromatic carbocycles. The highest BCUT2D eigenvalue weighted by Crippen LogP contribution is 2.71. The van der Waals surface area contributed by atoms with E-state index in [0.717, 1.165) is 17.9 Å². The Kier molecular flexibility index (Phi) is 17.4. The molecule has 0 N–H and O–H groups in total. The Hall–Kier alpha value is 0.890. The van der Waals surface area contributed by atoms with Gasteiger partial charge < -0.3 is 4.52 Å². The van der Waals surface area contributed by atoms with Gasteiger partial charge in [-0.05, 0) is 37.0 Å². The van der Waals surface area contributed by atoms with Gasteiger partial charge in [-0.2, -0.15) is 0 Å². The maximum absolute atomic E-state index is 13.6. The normalized spacial score (nSPS) is 17.6. The maximum atomic E-state index is 13.6. The molecule has 2 nitrogen and oxygen atoms in total. The van der Waals surface area contributed by atoms with E-state index in [1.807, 2.05) is 0 Å². The van der Waals surface area contributed by atoms with Crippen molar-refractivity contribution in [2.45, 2.75) is 99.3 Å². The molecule has 0 aliphatic rings. The number of rotatable bonds is 18. The van der Waals surface area contributed by atoms with Crippen LogP contribution >= 0.6 is 28.5 Å². The summed E-state index contributed by atoms with van der Waals surface area (Å²) >= 11 is 3.27. The molecule has 0 fully saturated rings. The molecule has 0 bridgehead atoms. The van der Waals surface area contributed by atoms with E-state index in [1.54, 1.807) is 22.8 Å². The summed E-state index contributed by atoms with van der Waals surface area (Å²) in [5.41, 5.74) is 0. The van der Waals surface area contributed by atoms with Crippen molar-refractivity contribution in [1.29, 1.82) is 0 Å². The first kappa shape index (κ1) is 26.9. The van der Waals surface area contributed by atoms with Gasteiger partial charge in [-0.25, -0.2) is 0 Å². The van der Waals surface area contributed by atoms with Gasteiger partial charge in [0.05, 0.1) is 6.61 Å². The Morgan fingerprint density at radius 3 is 1.42 bits per heavy atom. The Morgan fingerprint density at radius 1 is 0.692 bits per heavy atom. The first-order chi connectivity index (χ1) is 12.5. The van der Waals surface area contributed by atoms with Crippen LogP contribution in [-0.2, 0) is 9.09 Å². The fourth-order valence-electron chi connectivity index (χ4n) is 3.14. The molecule has 3 unspecified atom stereocenters. The van der Waals surface area contributed by atoms with Crippen LogP contribution in [0.1, 0.15) is 99.3 Å². The van der Waals surface area contributed by atoms with Gasteiger partial charge in [0.15, 0.2) is 0 Å². The fourth-order valence-corrected chi connectivity index (χ4v) is 10.5. The third-order valence-electron chi connectivity index (χ3n) is 5.23. The highest BCUT2D eigenvalue weighted by Gasteiger charge is 2.28. The molecular weight excluding hydrogens is 379 g/mol. The van der Waals surface area contributed by atoms with E-state index in [9.17, 15) is 4.57 Å². The van der Waals surface area contributed by atoms with Crippen LogP contribution in [-0.4, -0.2) is 18.1 Å². The molecule has 0 rings (SSSR count). The largest absolute Gasteiger partial charge is 0.313 e. The van der Waals surface area contributed by atoms with E-state index >= 15 is 0 Å². The van der Waals surface area contributed by atoms with Crippen LogP contribution in [0.3, 0.4) is 0 Å². The van der Waals surface area contributed by atoms with Gasteiger partial charge in [-0.15, -0.1) is 0 Å². The van der Waals surface area contributed by atoms with Gasteiger partial charge in [0.25, 0.3) is 0 Å². The molecule has 158 valence electrons. The van der Waals surface area contributed by atoms with Crippen molar-refractivity contribution in [2.24, 2.45) is 17.8 Å². The molecular formula is C21H45O2PS2. The maximum Gasteiger partial charge on any atom is 0.313 e. The second kappa shape index (κ2) is 16.8. The second-order valence-corrected chi connectivity index (χ2v) is 15.0. The summed E-state index contributed by atoms with van der Waals surface area (Å²) < 4.78 is 19.8. The molecule has 0 amide bonds. The lowest BCUT2D eigenvalue weighted by molar-refractivity contribution is 0.249. The fraction of sp³-hybridized carbons (Fsp3) is 1.00. The van der Waals surface area contributed by atoms with Gasteiger partial charge in [0.1, 0.15) is 0 Å². The third kappa shape index (κ3) is 12.4. The molecule has 0 saturated heterocycles. The molecule has 0 aromatic rings. The number of hydrogen-bond acceptors (Lipinski definition) is 4. The molecule has 0 heterocycles. The van der Waals surface area contributed by atoms with Crippen LogP contribution in [0.2, 0.25) is 0 Å². The van der Waals surface area contributed by atoms with Crippen molar-refractivity contribution in [2.75, 3.05) is 18.1 Å². The highest BCUT2D eigenvalue weighted by atomic mass is 33.1. The predicted molar refractivity (Wildman–Crippen MR) is 125 cm³/mol. The van der Waals surface area contributed by atoms with Crippen molar-refractivity contribution in [1.82, 2.24) is 0 Å². The molecule has 0 aliphatic heterocycles. The molecule has 5 heteroatoms. The minimum Gasteiger partial charge on any atom is -0.313 e. The Morgan fingerprint density at radius 2 is 1.08 bits per heavy atom. The summed E-state index contributed by atoms with van der Waals surface area (Å²) in [7, 11) is 0. The molecule has 0 spiro atoms. The van der Waals surface area contributed by atoms with Gasteiger partial charge >= 0.3 is 5.77 Å². The molecule has 0 saturated carbocycles. The van der Waals surface area contributed by atoms with Crippen LogP contribution in [0.5, 0.6) is 0 Å². The van der Waals surface area contributed by atoms with E-state index < -0.39 is 5.77 Å². The SMILES string of the molecule is CCCC(CC)COP(=O)(SCC(CC)CCC)SCC(CC)CCC. The lowest BCUT2D eigenvalue weighted by Gasteiger charge is -2.24. The average Bonchev–Trinajstić information content (AvgIpc) is 2.65. The van der Waals surface area contributed by atoms with Crippen LogP contribution in [0, 0.1) is 17.8 Å². The van der Waals surface area contributed by atoms with E-state index in [-0.39, 0.29) is 0 Å². The summed E-state index contributed by atoms with van der Waals surface area (Å²) in [5.74, 6) is 1.17. The van der Waals surface area contributed by atoms with Gasteiger partial charge in [0.2, 0.25) is 0 Å². The summed E-state index contributed by atoms with van der Waals surface area (Å²) in [4.78, 5) is 0. The minimum absolute atomic E-state index is 0.546. The molecule has 0 aliphatic carbocycles. The molecule has 0 aromatic heterocycles. The first-order valence-electron chi connectivity index (χ1n) is 11.0. The topological polar surface area (TPSA) is 26.3 Å². The summed E-state index contributed by atoms with van der Waals surface area (Å²) in [6, 6.07) is 0. The summed E-state index contributed by atoms with van der Waals surface area (Å²) in [5, 5.41) is 0. The standard InChI is InChI=1S/C21H45O2PS2/c1-7-13-19(10-4)16-23-24(22,25-17-20(11-5)14-8-2)26-18-21(12-6)15-9-3/h19-21H,7-18H2,1-6H3. The van der Waals surface area contributed by atoms with Crippen LogP contribution in [0.15, 0.2) is 0 Å². The Labute approximate surface area is 172 Å². The average molecular weight is 425 g/mol. The monoisotopic (exact) mass is 424 g/mol. The smallest absolute Gasteiger partial charge is 0.313 e. The summed E-state index contributed by atoms with van der Waals surface area (Å²) in [6.45, 7) is 14.1. The summed E-state index contributed by atoms with van der Waals surface area (Å²) in [6.07, 6.45) is 10.7. The first-order valence-corrected chi connectivity index (χ1v) is 15.8. The van der Waals surface area contributed by atoms with Crippen molar-refractivity contribution in [3.05, 3.63) is 0 Å². The van der Waals surface area contributed by atoms with E-state index in [4.69, 9.17) is 4.52 Å². The van der Waals surface area contributed by atoms with Gasteiger partial charge in [0, 0.05) is 11.5 Å². The zero-order valence-electron chi connectivity index (χ0n) is 18.3. The van der Waals surface area contributed by atoms with Crippen molar-refractivity contribution in [3.8, 4) is 0 Å². The zero-order valence-corrected chi connectivity index (χ0v) is 20.8. The van der Waals surface area contributed by atoms with E-state index in [0.29, 0.717) is 24.4 Å². The minimum atomic E-state index is -2.66. The highest BCUT2D eigenvalue weighted by molar-refractivity contribution is 8.89. The molecule has 26 heavy (non-hydrogen) atoms. The lowest BCUT2D eigenvalue weighted by Crippen LogP contribution is -2.08. The quantitative estimate of drug-likeness (QED) is 0.205.